The van der Waals surface area contributed by atoms with E-state index in [9.17, 15) is 35.1 Å². The monoisotopic (exact) mass is 560 g/mol. The number of aldehydes is 1. The minimum atomic E-state index is -1.52. The molecule has 10 heteroatoms. The molecule has 12 unspecified atom stereocenters. The van der Waals surface area contributed by atoms with Gasteiger partial charge in [-0.3, -0.25) is 0 Å². The molecule has 0 radical (unpaired) electrons. The van der Waals surface area contributed by atoms with E-state index in [1.807, 2.05) is 12.1 Å². The normalized spacial score (nSPS) is 48.5. The molecular weight excluding hydrogens is 520 g/mol. The third-order valence-corrected chi connectivity index (χ3v) is 11.4. The van der Waals surface area contributed by atoms with Gasteiger partial charge in [0.05, 0.1) is 30.0 Å². The number of fused-ring (bicyclic) bond motifs is 5. The fourth-order valence-corrected chi connectivity index (χ4v) is 9.15. The van der Waals surface area contributed by atoms with Crippen molar-refractivity contribution in [2.24, 2.45) is 22.7 Å². The first kappa shape index (κ1) is 28.2. The van der Waals surface area contributed by atoms with Gasteiger partial charge in [-0.25, -0.2) is 4.79 Å². The number of carbonyl (C=O) groups excluding carboxylic acids is 1. The van der Waals surface area contributed by atoms with Crippen molar-refractivity contribution in [3.8, 4) is 0 Å². The molecule has 4 fully saturated rings. The van der Waals surface area contributed by atoms with E-state index in [2.05, 4.69) is 6.92 Å². The summed E-state index contributed by atoms with van der Waals surface area (Å²) in [6, 6.07) is 3.25. The molecule has 1 aliphatic heterocycles. The Morgan fingerprint density at radius 1 is 1.02 bits per heavy atom. The highest BCUT2D eigenvalue weighted by Crippen LogP contribution is 2.69. The Hall–Kier alpha value is -1.92. The largest absolute Gasteiger partial charge is 0.431 e. The Bertz CT molecular complexity index is 1190. The molecule has 0 spiro atoms. The van der Waals surface area contributed by atoms with Crippen LogP contribution in [0.4, 0.5) is 0 Å². The summed E-state index contributed by atoms with van der Waals surface area (Å²) in [5.41, 5.74) is -0.520. The van der Waals surface area contributed by atoms with Gasteiger partial charge in [-0.15, -0.1) is 0 Å². The van der Waals surface area contributed by atoms with Crippen LogP contribution >= 0.6 is 0 Å². The maximum atomic E-state index is 12.9. The molecule has 220 valence electrons. The van der Waals surface area contributed by atoms with Crippen molar-refractivity contribution in [2.45, 2.75) is 107 Å². The number of rotatable bonds is 5. The van der Waals surface area contributed by atoms with E-state index in [1.165, 1.54) is 12.3 Å². The summed E-state index contributed by atoms with van der Waals surface area (Å²) >= 11 is 0. The lowest BCUT2D eigenvalue weighted by Crippen LogP contribution is -2.61. The van der Waals surface area contributed by atoms with Crippen molar-refractivity contribution in [2.75, 3.05) is 6.61 Å². The van der Waals surface area contributed by atoms with Gasteiger partial charge in [-0.2, -0.15) is 0 Å². The molecule has 3 saturated carbocycles. The van der Waals surface area contributed by atoms with Gasteiger partial charge in [0.25, 0.3) is 0 Å². The highest BCUT2D eigenvalue weighted by Gasteiger charge is 2.67. The highest BCUT2D eigenvalue weighted by molar-refractivity contribution is 5.67. The van der Waals surface area contributed by atoms with Crippen LogP contribution in [0, 0.1) is 22.7 Å². The van der Waals surface area contributed by atoms with Gasteiger partial charge >= 0.3 is 5.63 Å². The number of hydrogen-bond donors (Lipinski definition) is 5. The number of aliphatic hydroxyl groups excluding tert-OH is 4. The quantitative estimate of drug-likeness (QED) is 0.260. The molecule has 0 bridgehead atoms. The molecule has 1 saturated heterocycles. The van der Waals surface area contributed by atoms with Crippen molar-refractivity contribution in [3.63, 3.8) is 0 Å². The van der Waals surface area contributed by atoms with Crippen molar-refractivity contribution in [1.82, 2.24) is 0 Å². The second kappa shape index (κ2) is 10.1. The van der Waals surface area contributed by atoms with Crippen molar-refractivity contribution in [1.29, 1.82) is 0 Å². The molecule has 2 heterocycles. The second-order valence-electron chi connectivity index (χ2n) is 12.9. The van der Waals surface area contributed by atoms with Crippen molar-refractivity contribution in [3.05, 3.63) is 46.0 Å². The van der Waals surface area contributed by atoms with Gasteiger partial charge < -0.3 is 44.2 Å². The van der Waals surface area contributed by atoms with Gasteiger partial charge in [-0.05, 0) is 80.8 Å². The molecule has 40 heavy (non-hydrogen) atoms. The lowest BCUT2D eigenvalue weighted by molar-refractivity contribution is -0.308. The second-order valence-corrected chi connectivity index (χ2v) is 12.9. The Kier molecular flexibility index (Phi) is 7.13. The van der Waals surface area contributed by atoms with Crippen LogP contribution in [-0.4, -0.2) is 80.8 Å². The first-order valence-corrected chi connectivity index (χ1v) is 14.5. The lowest BCUT2D eigenvalue weighted by Gasteiger charge is -2.61. The number of ether oxygens (including phenoxy) is 2. The summed E-state index contributed by atoms with van der Waals surface area (Å²) < 4.78 is 16.7. The summed E-state index contributed by atoms with van der Waals surface area (Å²) in [6.07, 6.45) is 2.69. The average molecular weight is 561 g/mol. The van der Waals surface area contributed by atoms with E-state index in [0.717, 1.165) is 43.1 Å². The molecule has 0 amide bonds. The maximum absolute atomic E-state index is 12.9. The predicted octanol–water partition coefficient (Wildman–Crippen LogP) is 1.17. The van der Waals surface area contributed by atoms with Crippen LogP contribution in [0.5, 0.6) is 0 Å². The molecule has 1 aromatic heterocycles. The van der Waals surface area contributed by atoms with Crippen LogP contribution in [0.2, 0.25) is 0 Å². The van der Waals surface area contributed by atoms with Crippen molar-refractivity contribution < 1.29 is 44.2 Å². The molecule has 5 N–H and O–H groups in total. The summed E-state index contributed by atoms with van der Waals surface area (Å²) in [7, 11) is 0. The minimum Gasteiger partial charge on any atom is -0.431 e. The summed E-state index contributed by atoms with van der Waals surface area (Å²) in [5.74, 6) is 0.00979. The lowest BCUT2D eigenvalue weighted by atomic mass is 9.45. The zero-order valence-corrected chi connectivity index (χ0v) is 22.7. The minimum absolute atomic E-state index is 0.0104. The number of carbonyl (C=O) groups is 1. The maximum Gasteiger partial charge on any atom is 0.335 e. The molecule has 0 aromatic carbocycles. The van der Waals surface area contributed by atoms with Gasteiger partial charge in [-0.1, -0.05) is 18.6 Å². The van der Waals surface area contributed by atoms with E-state index < -0.39 is 65.5 Å². The SMILES string of the molecule is CC12CCC3C(CCC4=CC(OC5OC(CO)C(O)C(O)C5O)CCC43C=O)C1(O)CCC2c1ccc(=O)oc1. The molecule has 5 aliphatic rings. The Labute approximate surface area is 232 Å². The molecule has 4 aliphatic carbocycles. The third kappa shape index (κ3) is 4.02. The van der Waals surface area contributed by atoms with Gasteiger partial charge in [0.1, 0.15) is 30.7 Å². The first-order chi connectivity index (χ1) is 19.1. The van der Waals surface area contributed by atoms with Crippen LogP contribution in [0.15, 0.2) is 39.3 Å². The number of hydrogen-bond acceptors (Lipinski definition) is 10. The standard InChI is InChI=1S/C30H40O10/c1-28-9-7-20-21(30(28,37)11-8-19(28)16-2-5-23(33)38-14-16)4-3-17-12-18(6-10-29(17,20)15-32)39-27-26(36)25(35)24(34)22(13-31)40-27/h2,5,12,14-15,18-22,24-27,31,34-37H,3-4,6-11,13H2,1H3. The molecule has 10 nitrogen and oxygen atoms in total. The van der Waals surface area contributed by atoms with E-state index in [0.29, 0.717) is 25.7 Å². The molecular formula is C30H40O10. The van der Waals surface area contributed by atoms with E-state index in [4.69, 9.17) is 13.9 Å². The fourth-order valence-electron chi connectivity index (χ4n) is 9.15. The summed E-state index contributed by atoms with van der Waals surface area (Å²) in [4.78, 5) is 24.5. The van der Waals surface area contributed by atoms with Crippen LogP contribution in [0.25, 0.3) is 0 Å². The Morgan fingerprint density at radius 3 is 2.52 bits per heavy atom. The summed E-state index contributed by atoms with van der Waals surface area (Å²) in [5, 5.41) is 52.5. The average Bonchev–Trinajstić information content (AvgIpc) is 3.24. The van der Waals surface area contributed by atoms with Crippen LogP contribution in [0.3, 0.4) is 0 Å². The van der Waals surface area contributed by atoms with E-state index >= 15 is 0 Å². The zero-order chi connectivity index (χ0) is 28.4. The van der Waals surface area contributed by atoms with Crippen LogP contribution in [0.1, 0.15) is 69.8 Å². The molecule has 6 rings (SSSR count). The Balaban J connectivity index is 1.23. The topological polar surface area (TPSA) is 167 Å². The smallest absolute Gasteiger partial charge is 0.335 e. The molecule has 1 aromatic rings. The predicted molar refractivity (Wildman–Crippen MR) is 140 cm³/mol. The van der Waals surface area contributed by atoms with Crippen LogP contribution in [-0.2, 0) is 14.3 Å². The highest BCUT2D eigenvalue weighted by atomic mass is 16.7. The number of aliphatic hydroxyl groups is 5. The third-order valence-electron chi connectivity index (χ3n) is 11.4. The molecule has 12 atom stereocenters. The summed E-state index contributed by atoms with van der Waals surface area (Å²) in [6.45, 7) is 1.62. The zero-order valence-electron chi connectivity index (χ0n) is 22.7. The van der Waals surface area contributed by atoms with Gasteiger partial charge in [0.15, 0.2) is 6.29 Å². The van der Waals surface area contributed by atoms with Crippen LogP contribution < -0.4 is 5.63 Å². The van der Waals surface area contributed by atoms with E-state index in [1.54, 1.807) is 0 Å². The van der Waals surface area contributed by atoms with E-state index in [-0.39, 0.29) is 17.8 Å². The fraction of sp³-hybridized carbons (Fsp3) is 0.733. The Morgan fingerprint density at radius 2 is 1.82 bits per heavy atom. The van der Waals surface area contributed by atoms with Gasteiger partial charge in [0, 0.05) is 11.5 Å². The van der Waals surface area contributed by atoms with Crippen molar-refractivity contribution >= 4 is 6.29 Å². The van der Waals surface area contributed by atoms with Gasteiger partial charge in [0.2, 0.25) is 0 Å². The first-order valence-electron chi connectivity index (χ1n) is 14.5. The number of allylic oxidation sites excluding steroid dienone is 1.